The number of halogens is 1. The molecule has 1 saturated heterocycles. The first-order valence-electron chi connectivity index (χ1n) is 8.31. The number of rotatable bonds is 2. The lowest BCUT2D eigenvalue weighted by Crippen LogP contribution is -2.31. The molecule has 4 nitrogen and oxygen atoms in total. The van der Waals surface area contributed by atoms with Crippen molar-refractivity contribution in [2.75, 3.05) is 18.4 Å². The van der Waals surface area contributed by atoms with E-state index in [0.717, 1.165) is 50.2 Å². The minimum absolute atomic E-state index is 0. The first-order valence-corrected chi connectivity index (χ1v) is 8.31. The third kappa shape index (κ3) is 3.07. The predicted octanol–water partition coefficient (Wildman–Crippen LogP) is 3.15. The van der Waals surface area contributed by atoms with E-state index in [9.17, 15) is 4.79 Å². The Morgan fingerprint density at radius 1 is 1.30 bits per heavy atom. The molecule has 1 aliphatic carbocycles. The molecule has 23 heavy (non-hydrogen) atoms. The van der Waals surface area contributed by atoms with Gasteiger partial charge in [-0.3, -0.25) is 4.79 Å². The van der Waals surface area contributed by atoms with Crippen LogP contribution in [0.2, 0.25) is 0 Å². The molecule has 126 valence electrons. The molecule has 2 aliphatic heterocycles. The van der Waals surface area contributed by atoms with Crippen molar-refractivity contribution in [2.45, 2.75) is 45.1 Å². The zero-order valence-corrected chi connectivity index (χ0v) is 14.6. The van der Waals surface area contributed by atoms with Crippen molar-refractivity contribution in [3.63, 3.8) is 0 Å². The summed E-state index contributed by atoms with van der Waals surface area (Å²) in [6.07, 6.45) is 4.22. The van der Waals surface area contributed by atoms with Crippen molar-refractivity contribution >= 4 is 24.0 Å². The van der Waals surface area contributed by atoms with Gasteiger partial charge < -0.3 is 15.4 Å². The topological polar surface area (TPSA) is 50.4 Å². The van der Waals surface area contributed by atoms with Crippen LogP contribution in [0.3, 0.4) is 0 Å². The molecule has 0 bridgehead atoms. The number of carbonyl (C=O) groups excluding carboxylic acids is 1. The third-order valence-corrected chi connectivity index (χ3v) is 5.44. The maximum atomic E-state index is 12.5. The minimum Gasteiger partial charge on any atom is -0.487 e. The molecule has 1 atom stereocenters. The van der Waals surface area contributed by atoms with Crippen LogP contribution in [0.15, 0.2) is 18.2 Å². The summed E-state index contributed by atoms with van der Waals surface area (Å²) in [6, 6.07) is 6.00. The molecular formula is C18H25ClN2O2. The first kappa shape index (κ1) is 16.6. The summed E-state index contributed by atoms with van der Waals surface area (Å²) in [4.78, 5) is 12.5. The Morgan fingerprint density at radius 2 is 2.04 bits per heavy atom. The van der Waals surface area contributed by atoms with Crippen molar-refractivity contribution in [2.24, 2.45) is 11.3 Å². The van der Waals surface area contributed by atoms with Crippen LogP contribution >= 0.6 is 12.4 Å². The maximum Gasteiger partial charge on any atom is 0.228 e. The van der Waals surface area contributed by atoms with Gasteiger partial charge in [-0.15, -0.1) is 12.4 Å². The van der Waals surface area contributed by atoms with Crippen molar-refractivity contribution in [1.82, 2.24) is 5.32 Å². The lowest BCUT2D eigenvalue weighted by atomic mass is 9.91. The largest absolute Gasteiger partial charge is 0.487 e. The summed E-state index contributed by atoms with van der Waals surface area (Å²) in [7, 11) is 0. The third-order valence-electron chi connectivity index (χ3n) is 5.44. The lowest BCUT2D eigenvalue weighted by molar-refractivity contribution is -0.118. The summed E-state index contributed by atoms with van der Waals surface area (Å²) >= 11 is 0. The second kappa shape index (κ2) is 5.67. The Kier molecular flexibility index (Phi) is 4.09. The van der Waals surface area contributed by atoms with E-state index in [1.54, 1.807) is 0 Å². The van der Waals surface area contributed by atoms with E-state index < -0.39 is 0 Å². The highest BCUT2D eigenvalue weighted by atomic mass is 35.5. The number of anilines is 1. The van der Waals surface area contributed by atoms with Gasteiger partial charge in [0, 0.05) is 23.6 Å². The van der Waals surface area contributed by atoms with E-state index in [4.69, 9.17) is 4.74 Å². The number of carbonyl (C=O) groups is 1. The van der Waals surface area contributed by atoms with Gasteiger partial charge in [0.15, 0.2) is 0 Å². The van der Waals surface area contributed by atoms with Gasteiger partial charge in [0.1, 0.15) is 11.4 Å². The number of piperidine rings is 1. The normalized spacial score (nSPS) is 25.9. The molecule has 1 unspecified atom stereocenters. The Morgan fingerprint density at radius 3 is 2.78 bits per heavy atom. The molecule has 1 spiro atoms. The molecule has 0 aromatic heterocycles. The van der Waals surface area contributed by atoms with Crippen molar-refractivity contribution in [3.05, 3.63) is 23.8 Å². The van der Waals surface area contributed by atoms with Crippen LogP contribution in [-0.2, 0) is 11.2 Å². The van der Waals surface area contributed by atoms with Crippen LogP contribution in [0.5, 0.6) is 5.75 Å². The molecule has 1 saturated carbocycles. The molecule has 0 radical (unpaired) electrons. The monoisotopic (exact) mass is 336 g/mol. The molecule has 2 N–H and O–H groups in total. The van der Waals surface area contributed by atoms with Crippen LogP contribution in [0.25, 0.3) is 0 Å². The van der Waals surface area contributed by atoms with Gasteiger partial charge in [-0.05, 0) is 69.8 Å². The van der Waals surface area contributed by atoms with E-state index in [0.29, 0.717) is 0 Å². The molecule has 1 amide bonds. The first-order chi connectivity index (χ1) is 10.5. The predicted molar refractivity (Wildman–Crippen MR) is 93.4 cm³/mol. The van der Waals surface area contributed by atoms with E-state index in [1.807, 2.05) is 12.1 Å². The fourth-order valence-corrected chi connectivity index (χ4v) is 4.11. The number of nitrogens with one attached hydrogen (secondary N) is 2. The van der Waals surface area contributed by atoms with E-state index in [2.05, 4.69) is 30.5 Å². The second-order valence-electron chi connectivity index (χ2n) is 7.72. The van der Waals surface area contributed by atoms with Gasteiger partial charge in [-0.1, -0.05) is 0 Å². The highest BCUT2D eigenvalue weighted by Gasteiger charge is 2.57. The Labute approximate surface area is 143 Å². The lowest BCUT2D eigenvalue weighted by Gasteiger charge is -2.23. The molecule has 1 aromatic carbocycles. The van der Waals surface area contributed by atoms with E-state index >= 15 is 0 Å². The number of amides is 1. The standard InChI is InChI=1S/C18H24N2O2.ClH/c1-17(2)10-12-9-13(3-4-15(12)22-17)20-16(21)14-11-18(14)5-7-19-8-6-18;/h3-4,9,14,19H,5-8,10-11H2,1-2H3,(H,20,21);1H. The van der Waals surface area contributed by atoms with Crippen molar-refractivity contribution < 1.29 is 9.53 Å². The summed E-state index contributed by atoms with van der Waals surface area (Å²) in [5.74, 6) is 1.35. The van der Waals surface area contributed by atoms with Gasteiger partial charge in [0.05, 0.1) is 0 Å². The highest BCUT2D eigenvalue weighted by Crippen LogP contribution is 2.58. The maximum absolute atomic E-state index is 12.5. The fourth-order valence-electron chi connectivity index (χ4n) is 4.11. The smallest absolute Gasteiger partial charge is 0.228 e. The highest BCUT2D eigenvalue weighted by molar-refractivity contribution is 5.95. The molecule has 3 aliphatic rings. The van der Waals surface area contributed by atoms with E-state index in [1.165, 1.54) is 5.56 Å². The number of benzene rings is 1. The van der Waals surface area contributed by atoms with Gasteiger partial charge in [0.25, 0.3) is 0 Å². The van der Waals surface area contributed by atoms with Gasteiger partial charge >= 0.3 is 0 Å². The van der Waals surface area contributed by atoms with Crippen molar-refractivity contribution in [3.8, 4) is 5.75 Å². The molecular weight excluding hydrogens is 312 g/mol. The quantitative estimate of drug-likeness (QED) is 0.872. The van der Waals surface area contributed by atoms with Crippen LogP contribution in [0, 0.1) is 11.3 Å². The van der Waals surface area contributed by atoms with Gasteiger partial charge in [0.2, 0.25) is 5.91 Å². The number of fused-ring (bicyclic) bond motifs is 1. The summed E-state index contributed by atoms with van der Waals surface area (Å²) in [5, 5.41) is 6.50. The van der Waals surface area contributed by atoms with Gasteiger partial charge in [-0.25, -0.2) is 0 Å². The molecule has 4 rings (SSSR count). The molecule has 1 aromatic rings. The number of hydrogen-bond acceptors (Lipinski definition) is 3. The van der Waals surface area contributed by atoms with Crippen LogP contribution in [-0.4, -0.2) is 24.6 Å². The average molecular weight is 337 g/mol. The summed E-state index contributed by atoms with van der Waals surface area (Å²) in [6.45, 7) is 6.29. The molecule has 2 heterocycles. The van der Waals surface area contributed by atoms with Crippen LogP contribution < -0.4 is 15.4 Å². The number of ether oxygens (including phenoxy) is 1. The Balaban J connectivity index is 0.00000156. The molecule has 2 fully saturated rings. The van der Waals surface area contributed by atoms with Crippen LogP contribution in [0.1, 0.15) is 38.7 Å². The number of hydrogen-bond donors (Lipinski definition) is 2. The van der Waals surface area contributed by atoms with E-state index in [-0.39, 0.29) is 35.2 Å². The zero-order chi connectivity index (χ0) is 15.4. The van der Waals surface area contributed by atoms with Crippen molar-refractivity contribution in [1.29, 1.82) is 0 Å². The summed E-state index contributed by atoms with van der Waals surface area (Å²) in [5.41, 5.74) is 2.24. The zero-order valence-electron chi connectivity index (χ0n) is 13.8. The fraction of sp³-hybridized carbons (Fsp3) is 0.611. The molecule has 5 heteroatoms. The van der Waals surface area contributed by atoms with Crippen LogP contribution in [0.4, 0.5) is 5.69 Å². The average Bonchev–Trinajstić information content (AvgIpc) is 3.05. The second-order valence-corrected chi connectivity index (χ2v) is 7.72. The van der Waals surface area contributed by atoms with Gasteiger partial charge in [-0.2, -0.15) is 0 Å². The Hall–Kier alpha value is -1.26. The minimum atomic E-state index is -0.138. The SMILES string of the molecule is CC1(C)Cc2cc(NC(=O)C3CC34CCNCC4)ccc2O1.Cl. The summed E-state index contributed by atoms with van der Waals surface area (Å²) < 4.78 is 5.88. The Bertz CT molecular complexity index is 623.